The summed E-state index contributed by atoms with van der Waals surface area (Å²) in [5.74, 6) is -1.43. The van der Waals surface area contributed by atoms with E-state index in [1.165, 1.54) is 29.1 Å². The summed E-state index contributed by atoms with van der Waals surface area (Å²) in [6, 6.07) is 3.71. The first-order chi connectivity index (χ1) is 8.66. The van der Waals surface area contributed by atoms with Crippen molar-refractivity contribution in [3.8, 4) is 0 Å². The van der Waals surface area contributed by atoms with Crippen LogP contribution in [0.4, 0.5) is 8.78 Å². The van der Waals surface area contributed by atoms with E-state index in [9.17, 15) is 13.6 Å². The minimum Gasteiger partial charge on any atom is -0.346 e. The van der Waals surface area contributed by atoms with Crippen molar-refractivity contribution >= 4 is 5.91 Å². The van der Waals surface area contributed by atoms with Gasteiger partial charge in [0, 0.05) is 5.56 Å². The number of halogens is 2. The Kier molecular flexibility index (Phi) is 2.36. The first-order valence-corrected chi connectivity index (χ1v) is 5.42. The average molecular weight is 249 g/mol. The van der Waals surface area contributed by atoms with Crippen LogP contribution in [0.25, 0.3) is 0 Å². The summed E-state index contributed by atoms with van der Waals surface area (Å²) >= 11 is 0. The van der Waals surface area contributed by atoms with Crippen LogP contribution in [-0.4, -0.2) is 15.7 Å². The van der Waals surface area contributed by atoms with Crippen molar-refractivity contribution in [1.29, 1.82) is 0 Å². The number of carbonyl (C=O) groups excluding carboxylic acids is 1. The predicted molar refractivity (Wildman–Crippen MR) is 58.9 cm³/mol. The Labute approximate surface area is 101 Å². The molecule has 3 rings (SSSR count). The zero-order valence-corrected chi connectivity index (χ0v) is 9.28. The molecule has 2 aromatic rings. The quantitative estimate of drug-likeness (QED) is 0.875. The van der Waals surface area contributed by atoms with Crippen LogP contribution in [0.2, 0.25) is 0 Å². The fraction of sp³-hybridized carbons (Fsp3) is 0.167. The van der Waals surface area contributed by atoms with Crippen LogP contribution in [0.5, 0.6) is 0 Å². The average Bonchev–Trinajstić information content (AvgIpc) is 2.89. The van der Waals surface area contributed by atoms with E-state index in [0.29, 0.717) is 17.8 Å². The summed E-state index contributed by atoms with van der Waals surface area (Å²) < 4.78 is 28.5. The molecule has 0 radical (unpaired) electrons. The molecule has 0 bridgehead atoms. The molecule has 0 saturated heterocycles. The van der Waals surface area contributed by atoms with Gasteiger partial charge in [0.1, 0.15) is 11.6 Å². The van der Waals surface area contributed by atoms with E-state index in [0.717, 1.165) is 0 Å². The largest absolute Gasteiger partial charge is 0.346 e. The van der Waals surface area contributed by atoms with Gasteiger partial charge in [-0.1, -0.05) is 6.07 Å². The third kappa shape index (κ3) is 1.57. The van der Waals surface area contributed by atoms with Crippen LogP contribution >= 0.6 is 0 Å². The fourth-order valence-corrected chi connectivity index (χ4v) is 2.02. The number of rotatable bonds is 2. The molecule has 0 saturated carbocycles. The van der Waals surface area contributed by atoms with Crippen LogP contribution in [-0.2, 0) is 13.1 Å². The lowest BCUT2D eigenvalue weighted by Gasteiger charge is -2.07. The van der Waals surface area contributed by atoms with E-state index >= 15 is 0 Å². The highest BCUT2D eigenvalue weighted by atomic mass is 19.1. The summed E-state index contributed by atoms with van der Waals surface area (Å²) in [6.45, 7) is 0.313. The number of hydrogen-bond acceptors (Lipinski definition) is 2. The summed E-state index contributed by atoms with van der Waals surface area (Å²) in [7, 11) is 0. The molecule has 1 aliphatic rings. The molecular weight excluding hydrogens is 240 g/mol. The van der Waals surface area contributed by atoms with Crippen LogP contribution in [0.1, 0.15) is 21.6 Å². The maximum atomic E-state index is 13.5. The Morgan fingerprint density at radius 3 is 2.78 bits per heavy atom. The zero-order chi connectivity index (χ0) is 12.7. The second-order valence-electron chi connectivity index (χ2n) is 4.05. The van der Waals surface area contributed by atoms with Gasteiger partial charge in [0.2, 0.25) is 0 Å². The number of nitrogens with zero attached hydrogens (tertiary/aromatic N) is 2. The molecule has 1 amide bonds. The number of nitrogens with one attached hydrogen (secondary N) is 1. The number of hydrogen-bond donors (Lipinski definition) is 1. The molecule has 4 nitrogen and oxygen atoms in total. The molecule has 1 aromatic heterocycles. The molecule has 0 spiro atoms. The first kappa shape index (κ1) is 10.9. The minimum atomic E-state index is -0.614. The van der Waals surface area contributed by atoms with E-state index in [2.05, 4.69) is 10.4 Å². The standard InChI is InChI=1S/C12H9F2N3O/c13-9-2-1-3-10(14)8(9)6-17-11-5-15-12(18)7(11)4-16-17/h1-4H,5-6H2,(H,15,18). The molecular formula is C12H9F2N3O. The second-order valence-corrected chi connectivity index (χ2v) is 4.05. The number of carbonyl (C=O) groups is 1. The summed E-state index contributed by atoms with van der Waals surface area (Å²) in [5.41, 5.74) is 1.07. The smallest absolute Gasteiger partial charge is 0.255 e. The maximum absolute atomic E-state index is 13.5. The maximum Gasteiger partial charge on any atom is 0.255 e. The summed E-state index contributed by atoms with van der Waals surface area (Å²) in [6.07, 6.45) is 1.41. The van der Waals surface area contributed by atoms with Gasteiger partial charge in [-0.25, -0.2) is 8.78 Å². The molecule has 1 N–H and O–H groups in total. The van der Waals surface area contributed by atoms with Crippen molar-refractivity contribution < 1.29 is 13.6 Å². The third-order valence-corrected chi connectivity index (χ3v) is 2.98. The lowest BCUT2D eigenvalue weighted by molar-refractivity contribution is 0.0965. The van der Waals surface area contributed by atoms with Crippen molar-refractivity contribution in [2.45, 2.75) is 13.1 Å². The Bertz CT molecular complexity index is 616. The summed E-state index contributed by atoms with van der Waals surface area (Å²) in [5, 5.41) is 6.62. The summed E-state index contributed by atoms with van der Waals surface area (Å²) in [4.78, 5) is 11.4. The van der Waals surface area contributed by atoms with E-state index in [1.54, 1.807) is 0 Å². The number of amides is 1. The molecule has 92 valence electrons. The molecule has 6 heteroatoms. The van der Waals surface area contributed by atoms with Gasteiger partial charge in [0.25, 0.3) is 5.91 Å². The van der Waals surface area contributed by atoms with Crippen LogP contribution in [0.15, 0.2) is 24.4 Å². The first-order valence-electron chi connectivity index (χ1n) is 5.42. The highest BCUT2D eigenvalue weighted by molar-refractivity contribution is 5.97. The van der Waals surface area contributed by atoms with E-state index in [1.807, 2.05) is 0 Å². The van der Waals surface area contributed by atoms with Gasteiger partial charge in [0.15, 0.2) is 0 Å². The van der Waals surface area contributed by atoms with Gasteiger partial charge < -0.3 is 5.32 Å². The Hall–Kier alpha value is -2.24. The van der Waals surface area contributed by atoms with E-state index < -0.39 is 11.6 Å². The van der Waals surface area contributed by atoms with Crippen molar-refractivity contribution in [1.82, 2.24) is 15.1 Å². The van der Waals surface area contributed by atoms with Crippen molar-refractivity contribution in [3.63, 3.8) is 0 Å². The van der Waals surface area contributed by atoms with Crippen molar-refractivity contribution in [2.24, 2.45) is 0 Å². The Morgan fingerprint density at radius 2 is 2.06 bits per heavy atom. The van der Waals surface area contributed by atoms with E-state index in [-0.39, 0.29) is 18.0 Å². The monoisotopic (exact) mass is 249 g/mol. The van der Waals surface area contributed by atoms with Crippen LogP contribution in [0, 0.1) is 11.6 Å². The Morgan fingerprint density at radius 1 is 1.33 bits per heavy atom. The molecule has 0 unspecified atom stereocenters. The van der Waals surface area contributed by atoms with Gasteiger partial charge in [0.05, 0.1) is 30.5 Å². The second kappa shape index (κ2) is 3.90. The minimum absolute atomic E-state index is 0.0250. The highest BCUT2D eigenvalue weighted by Crippen LogP contribution is 2.18. The molecule has 0 fully saturated rings. The molecule has 18 heavy (non-hydrogen) atoms. The normalized spacial score (nSPS) is 13.6. The molecule has 1 aromatic carbocycles. The van der Waals surface area contributed by atoms with Crippen molar-refractivity contribution in [2.75, 3.05) is 0 Å². The third-order valence-electron chi connectivity index (χ3n) is 2.98. The van der Waals surface area contributed by atoms with Gasteiger partial charge >= 0.3 is 0 Å². The van der Waals surface area contributed by atoms with Crippen LogP contribution in [0.3, 0.4) is 0 Å². The van der Waals surface area contributed by atoms with Crippen LogP contribution < -0.4 is 5.32 Å². The highest BCUT2D eigenvalue weighted by Gasteiger charge is 2.24. The zero-order valence-electron chi connectivity index (χ0n) is 9.28. The topological polar surface area (TPSA) is 46.9 Å². The lowest BCUT2D eigenvalue weighted by atomic mass is 10.2. The molecule has 2 heterocycles. The van der Waals surface area contributed by atoms with Gasteiger partial charge in [-0.3, -0.25) is 9.48 Å². The lowest BCUT2D eigenvalue weighted by Crippen LogP contribution is -2.15. The molecule has 0 atom stereocenters. The molecule has 1 aliphatic heterocycles. The van der Waals surface area contributed by atoms with E-state index in [4.69, 9.17) is 0 Å². The van der Waals surface area contributed by atoms with Crippen molar-refractivity contribution in [3.05, 3.63) is 52.9 Å². The van der Waals surface area contributed by atoms with Gasteiger partial charge in [-0.2, -0.15) is 5.10 Å². The molecule has 0 aliphatic carbocycles. The SMILES string of the molecule is O=C1NCc2c1cnn2Cc1c(F)cccc1F. The Balaban J connectivity index is 1.99. The van der Waals surface area contributed by atoms with Gasteiger partial charge in [-0.05, 0) is 12.1 Å². The number of fused-ring (bicyclic) bond motifs is 1. The van der Waals surface area contributed by atoms with Gasteiger partial charge in [-0.15, -0.1) is 0 Å². The number of benzene rings is 1. The predicted octanol–water partition coefficient (Wildman–Crippen LogP) is 1.45. The fourth-order valence-electron chi connectivity index (χ4n) is 2.02. The number of aromatic nitrogens is 2.